The van der Waals surface area contributed by atoms with Crippen LogP contribution in [0.25, 0.3) is 0 Å². The van der Waals surface area contributed by atoms with Gasteiger partial charge in [-0.25, -0.2) is 18.7 Å². The molecule has 0 fully saturated rings. The van der Waals surface area contributed by atoms with E-state index in [0.717, 1.165) is 18.2 Å². The molecule has 27 heavy (non-hydrogen) atoms. The number of nitrogens with zero attached hydrogens (tertiary/aromatic N) is 3. The van der Waals surface area contributed by atoms with Gasteiger partial charge in [0.1, 0.15) is 35.3 Å². The number of rotatable bonds is 5. The van der Waals surface area contributed by atoms with Crippen molar-refractivity contribution < 1.29 is 22.0 Å². The number of benzene rings is 1. The monoisotopic (exact) mass is 384 g/mol. The first-order valence-electron chi connectivity index (χ1n) is 7.65. The minimum absolute atomic E-state index is 0.0791. The van der Waals surface area contributed by atoms with E-state index in [4.69, 9.17) is 0 Å². The highest BCUT2D eigenvalue weighted by Gasteiger charge is 2.33. The second-order valence-corrected chi connectivity index (χ2v) is 5.61. The zero-order valence-corrected chi connectivity index (χ0v) is 13.8. The maximum atomic E-state index is 13.8. The van der Waals surface area contributed by atoms with Gasteiger partial charge in [0.15, 0.2) is 5.82 Å². The first-order chi connectivity index (χ1) is 12.7. The minimum atomic E-state index is -4.54. The fourth-order valence-electron chi connectivity index (χ4n) is 2.32. The smallest absolute Gasteiger partial charge is 0.363 e. The molecule has 0 aliphatic carbocycles. The number of aromatic nitrogens is 4. The lowest BCUT2D eigenvalue weighted by atomic mass is 10.1. The van der Waals surface area contributed by atoms with E-state index < -0.39 is 29.5 Å². The summed E-state index contributed by atoms with van der Waals surface area (Å²) in [5.41, 5.74) is -0.774. The molecule has 142 valence electrons. The number of nitrogens with one attached hydrogen (secondary N) is 3. The fourth-order valence-corrected chi connectivity index (χ4v) is 2.32. The highest BCUT2D eigenvalue weighted by molar-refractivity contribution is 5.56. The van der Waals surface area contributed by atoms with E-state index in [1.54, 1.807) is 6.92 Å². The Bertz CT molecular complexity index is 939. The van der Waals surface area contributed by atoms with Gasteiger partial charge in [0.25, 0.3) is 0 Å². The Hall–Kier alpha value is -3.24. The average molecular weight is 384 g/mol. The summed E-state index contributed by atoms with van der Waals surface area (Å²) in [6.07, 6.45) is -3.37. The first-order valence-corrected chi connectivity index (χ1v) is 7.65. The summed E-state index contributed by atoms with van der Waals surface area (Å²) >= 11 is 0. The van der Waals surface area contributed by atoms with Crippen LogP contribution >= 0.6 is 0 Å². The van der Waals surface area contributed by atoms with Crippen LogP contribution in [0.3, 0.4) is 0 Å². The number of anilines is 3. The van der Waals surface area contributed by atoms with Crippen molar-refractivity contribution in [2.75, 3.05) is 10.6 Å². The third-order valence-corrected chi connectivity index (χ3v) is 3.60. The minimum Gasteiger partial charge on any atom is -0.363 e. The molecular formula is C16H13F5N6. The van der Waals surface area contributed by atoms with E-state index in [1.807, 2.05) is 5.10 Å². The Balaban J connectivity index is 1.72. The van der Waals surface area contributed by atoms with E-state index in [-0.39, 0.29) is 23.0 Å². The van der Waals surface area contributed by atoms with Crippen molar-refractivity contribution in [2.45, 2.75) is 19.1 Å². The summed E-state index contributed by atoms with van der Waals surface area (Å²) in [6, 6.07) is 4.89. The van der Waals surface area contributed by atoms with Crippen molar-refractivity contribution in [2.24, 2.45) is 0 Å². The molecule has 11 heteroatoms. The summed E-state index contributed by atoms with van der Waals surface area (Å²) in [6.45, 7) is 1.65. The predicted molar refractivity (Wildman–Crippen MR) is 87.3 cm³/mol. The Morgan fingerprint density at radius 1 is 1.00 bits per heavy atom. The van der Waals surface area contributed by atoms with Gasteiger partial charge in [0, 0.05) is 23.8 Å². The van der Waals surface area contributed by atoms with Gasteiger partial charge < -0.3 is 10.6 Å². The summed E-state index contributed by atoms with van der Waals surface area (Å²) in [5.74, 6) is -1.01. The summed E-state index contributed by atoms with van der Waals surface area (Å²) in [5, 5.41) is 10.9. The van der Waals surface area contributed by atoms with Gasteiger partial charge in [0.05, 0.1) is 6.04 Å². The van der Waals surface area contributed by atoms with E-state index in [1.165, 1.54) is 18.5 Å². The number of alkyl halides is 3. The molecule has 0 aliphatic heterocycles. The molecular weight excluding hydrogens is 371 g/mol. The van der Waals surface area contributed by atoms with Crippen LogP contribution in [0, 0.1) is 11.6 Å². The first kappa shape index (κ1) is 18.5. The van der Waals surface area contributed by atoms with Gasteiger partial charge in [-0.3, -0.25) is 5.10 Å². The van der Waals surface area contributed by atoms with Gasteiger partial charge in [-0.1, -0.05) is 6.07 Å². The topological polar surface area (TPSA) is 78.5 Å². The fraction of sp³-hybridized carbons (Fsp3) is 0.188. The lowest BCUT2D eigenvalue weighted by Gasteiger charge is -2.16. The third-order valence-electron chi connectivity index (χ3n) is 3.60. The number of aromatic amines is 1. The molecule has 1 atom stereocenters. The SMILES string of the molecule is CC(Nc1cc(Nc2cc(C(F)(F)F)[nH]n2)ncn1)c1ccc(F)cc1F. The summed E-state index contributed by atoms with van der Waals surface area (Å²) < 4.78 is 64.6. The molecule has 0 aliphatic rings. The van der Waals surface area contributed by atoms with Crippen molar-refractivity contribution in [1.29, 1.82) is 0 Å². The zero-order valence-electron chi connectivity index (χ0n) is 13.8. The Labute approximate surface area is 149 Å². The molecule has 1 unspecified atom stereocenters. The highest BCUT2D eigenvalue weighted by atomic mass is 19.4. The molecule has 2 heterocycles. The van der Waals surface area contributed by atoms with Gasteiger partial charge in [-0.05, 0) is 13.0 Å². The predicted octanol–water partition coefficient (Wildman–Crippen LogP) is 4.41. The van der Waals surface area contributed by atoms with Crippen LogP contribution in [0.1, 0.15) is 24.2 Å². The molecule has 1 aromatic carbocycles. The van der Waals surface area contributed by atoms with Crippen LogP contribution < -0.4 is 10.6 Å². The summed E-state index contributed by atoms with van der Waals surface area (Å²) in [4.78, 5) is 7.87. The quantitative estimate of drug-likeness (QED) is 0.568. The molecule has 3 rings (SSSR count). The Morgan fingerprint density at radius 3 is 2.41 bits per heavy atom. The molecule has 3 aromatic rings. The molecule has 6 nitrogen and oxygen atoms in total. The van der Waals surface area contributed by atoms with Crippen molar-refractivity contribution in [1.82, 2.24) is 20.2 Å². The normalized spacial score (nSPS) is 12.7. The molecule has 3 N–H and O–H groups in total. The number of hydrogen-bond donors (Lipinski definition) is 3. The van der Waals surface area contributed by atoms with E-state index in [9.17, 15) is 22.0 Å². The lowest BCUT2D eigenvalue weighted by molar-refractivity contribution is -0.141. The largest absolute Gasteiger partial charge is 0.432 e. The molecule has 0 amide bonds. The van der Waals surface area contributed by atoms with E-state index >= 15 is 0 Å². The lowest BCUT2D eigenvalue weighted by Crippen LogP contribution is -2.10. The molecule has 2 aromatic heterocycles. The maximum absolute atomic E-state index is 13.8. The second-order valence-electron chi connectivity index (χ2n) is 5.61. The number of hydrogen-bond acceptors (Lipinski definition) is 5. The van der Waals surface area contributed by atoms with Crippen LogP contribution in [0.2, 0.25) is 0 Å². The van der Waals surface area contributed by atoms with Crippen molar-refractivity contribution in [3.8, 4) is 0 Å². The highest BCUT2D eigenvalue weighted by Crippen LogP contribution is 2.29. The van der Waals surface area contributed by atoms with Crippen molar-refractivity contribution >= 4 is 17.5 Å². The molecule has 0 saturated carbocycles. The number of halogens is 5. The Kier molecular flexibility index (Phi) is 4.93. The van der Waals surface area contributed by atoms with Crippen LogP contribution in [0.5, 0.6) is 0 Å². The van der Waals surface area contributed by atoms with Gasteiger partial charge in [0.2, 0.25) is 0 Å². The van der Waals surface area contributed by atoms with Crippen molar-refractivity contribution in [3.63, 3.8) is 0 Å². The van der Waals surface area contributed by atoms with Crippen LogP contribution in [-0.2, 0) is 6.18 Å². The second kappa shape index (κ2) is 7.17. The van der Waals surface area contributed by atoms with Crippen molar-refractivity contribution in [3.05, 3.63) is 59.6 Å². The van der Waals surface area contributed by atoms with E-state index in [0.29, 0.717) is 0 Å². The van der Waals surface area contributed by atoms with Crippen LogP contribution in [0.15, 0.2) is 36.7 Å². The van der Waals surface area contributed by atoms with Gasteiger partial charge in [-0.2, -0.15) is 18.3 Å². The summed E-state index contributed by atoms with van der Waals surface area (Å²) in [7, 11) is 0. The van der Waals surface area contributed by atoms with Gasteiger partial charge >= 0.3 is 6.18 Å². The molecule has 0 spiro atoms. The molecule has 0 radical (unpaired) electrons. The zero-order chi connectivity index (χ0) is 19.6. The van der Waals surface area contributed by atoms with Gasteiger partial charge in [-0.15, -0.1) is 0 Å². The standard InChI is InChI=1S/C16H13F5N6/c1-8(10-3-2-9(17)4-11(10)18)24-13-6-14(23-7-22-13)25-15-5-12(26-27-15)16(19,20)21/h2-8H,1H3,(H3,22,23,24,25,26,27). The van der Waals surface area contributed by atoms with E-state index in [2.05, 4.69) is 25.7 Å². The third kappa shape index (κ3) is 4.49. The molecule has 0 saturated heterocycles. The van der Waals surface area contributed by atoms with Crippen LogP contribution in [0.4, 0.5) is 39.4 Å². The Morgan fingerprint density at radius 2 is 1.74 bits per heavy atom. The molecule has 0 bridgehead atoms. The number of H-pyrrole nitrogens is 1. The maximum Gasteiger partial charge on any atom is 0.432 e. The average Bonchev–Trinajstić information content (AvgIpc) is 3.04. The van der Waals surface area contributed by atoms with Crippen LogP contribution in [-0.4, -0.2) is 20.2 Å².